The molecule has 1 aromatic rings. The molecule has 21 heavy (non-hydrogen) atoms. The molecule has 1 saturated carbocycles. The molecule has 1 aromatic carbocycles. The standard InChI is InChI=1S/C17H25N3O/c1-2-19-12-16(11-17(16,18)13-19)14-3-5-15(6-4-14)20-7-9-21-10-8-20/h3-6H,2,7-13,18H2,1H3/t16-,17-/m1/s1. The molecular formula is C17H25N3O. The predicted molar refractivity (Wildman–Crippen MR) is 84.8 cm³/mol. The highest BCUT2D eigenvalue weighted by atomic mass is 16.5. The van der Waals surface area contributed by atoms with Crippen LogP contribution >= 0.6 is 0 Å². The molecule has 4 nitrogen and oxygen atoms in total. The molecule has 0 radical (unpaired) electrons. The first-order chi connectivity index (χ1) is 10.2. The van der Waals surface area contributed by atoms with Crippen molar-refractivity contribution >= 4 is 5.69 Å². The lowest BCUT2D eigenvalue weighted by Gasteiger charge is -2.29. The zero-order valence-electron chi connectivity index (χ0n) is 12.8. The third-order valence-corrected chi connectivity index (χ3v) is 5.69. The fourth-order valence-corrected chi connectivity index (χ4v) is 4.27. The molecule has 4 rings (SSSR count). The van der Waals surface area contributed by atoms with Crippen LogP contribution in [-0.2, 0) is 10.2 Å². The molecule has 0 amide bonds. The number of piperidine rings is 1. The number of hydrogen-bond acceptors (Lipinski definition) is 4. The summed E-state index contributed by atoms with van der Waals surface area (Å²) in [5.41, 5.74) is 9.57. The Labute approximate surface area is 126 Å². The number of hydrogen-bond donors (Lipinski definition) is 1. The maximum Gasteiger partial charge on any atom is 0.0642 e. The molecule has 0 bridgehead atoms. The lowest BCUT2D eigenvalue weighted by Crippen LogP contribution is -2.36. The van der Waals surface area contributed by atoms with Crippen LogP contribution in [0.3, 0.4) is 0 Å². The van der Waals surface area contributed by atoms with Crippen molar-refractivity contribution < 1.29 is 4.74 Å². The van der Waals surface area contributed by atoms with E-state index in [0.717, 1.165) is 52.4 Å². The number of nitrogens with two attached hydrogens (primary N) is 1. The summed E-state index contributed by atoms with van der Waals surface area (Å²) in [6, 6.07) is 9.14. The van der Waals surface area contributed by atoms with Gasteiger partial charge in [-0.15, -0.1) is 0 Å². The van der Waals surface area contributed by atoms with Gasteiger partial charge in [0.1, 0.15) is 0 Å². The molecular weight excluding hydrogens is 262 g/mol. The van der Waals surface area contributed by atoms with Crippen molar-refractivity contribution in [2.45, 2.75) is 24.3 Å². The van der Waals surface area contributed by atoms with Crippen LogP contribution in [0.25, 0.3) is 0 Å². The van der Waals surface area contributed by atoms with Crippen LogP contribution in [0.2, 0.25) is 0 Å². The molecule has 1 aliphatic carbocycles. The van der Waals surface area contributed by atoms with E-state index in [4.69, 9.17) is 10.5 Å². The van der Waals surface area contributed by atoms with E-state index in [2.05, 4.69) is 41.0 Å². The van der Waals surface area contributed by atoms with Crippen LogP contribution < -0.4 is 10.6 Å². The van der Waals surface area contributed by atoms with E-state index >= 15 is 0 Å². The largest absolute Gasteiger partial charge is 0.378 e. The van der Waals surface area contributed by atoms with Gasteiger partial charge in [-0.05, 0) is 30.7 Å². The smallest absolute Gasteiger partial charge is 0.0642 e. The topological polar surface area (TPSA) is 41.7 Å². The predicted octanol–water partition coefficient (Wildman–Crippen LogP) is 1.20. The highest BCUT2D eigenvalue weighted by molar-refractivity contribution is 5.53. The number of anilines is 1. The monoisotopic (exact) mass is 287 g/mol. The minimum Gasteiger partial charge on any atom is -0.378 e. The van der Waals surface area contributed by atoms with Crippen molar-refractivity contribution in [3.63, 3.8) is 0 Å². The number of benzene rings is 1. The SMILES string of the molecule is CCN1C[C@]2(N)C[C@]2(c2ccc(N3CCOCC3)cc2)C1. The molecule has 0 spiro atoms. The Bertz CT molecular complexity index is 525. The average Bonchev–Trinajstić information content (AvgIpc) is 3.01. The van der Waals surface area contributed by atoms with Gasteiger partial charge in [0.2, 0.25) is 0 Å². The minimum atomic E-state index is 0.0174. The van der Waals surface area contributed by atoms with Crippen molar-refractivity contribution in [2.75, 3.05) is 50.8 Å². The van der Waals surface area contributed by atoms with Crippen LogP contribution in [0.1, 0.15) is 18.9 Å². The first-order valence-corrected chi connectivity index (χ1v) is 8.11. The van der Waals surface area contributed by atoms with Gasteiger partial charge in [-0.25, -0.2) is 0 Å². The molecule has 3 fully saturated rings. The Morgan fingerprint density at radius 3 is 2.48 bits per heavy atom. The lowest BCUT2D eigenvalue weighted by molar-refractivity contribution is 0.122. The summed E-state index contributed by atoms with van der Waals surface area (Å²) < 4.78 is 5.42. The second kappa shape index (κ2) is 4.70. The number of morpholine rings is 1. The molecule has 2 atom stereocenters. The molecule has 0 aromatic heterocycles. The molecule has 2 saturated heterocycles. The normalized spacial score (nSPS) is 35.8. The van der Waals surface area contributed by atoms with Crippen LogP contribution in [0.5, 0.6) is 0 Å². The molecule has 3 aliphatic rings. The summed E-state index contributed by atoms with van der Waals surface area (Å²) in [5.74, 6) is 0. The second-order valence-electron chi connectivity index (χ2n) is 6.86. The molecule has 114 valence electrons. The Kier molecular flexibility index (Phi) is 3.03. The van der Waals surface area contributed by atoms with Gasteiger partial charge in [0.25, 0.3) is 0 Å². The number of ether oxygens (including phenoxy) is 1. The third-order valence-electron chi connectivity index (χ3n) is 5.69. The first-order valence-electron chi connectivity index (χ1n) is 8.11. The van der Waals surface area contributed by atoms with Crippen molar-refractivity contribution in [1.82, 2.24) is 4.90 Å². The summed E-state index contributed by atoms with van der Waals surface area (Å²) in [7, 11) is 0. The Morgan fingerprint density at radius 1 is 1.14 bits per heavy atom. The van der Waals surface area contributed by atoms with Crippen molar-refractivity contribution in [3.8, 4) is 0 Å². The zero-order chi connectivity index (χ0) is 14.5. The van der Waals surface area contributed by atoms with Crippen LogP contribution in [0.15, 0.2) is 24.3 Å². The maximum absolute atomic E-state index is 6.60. The Hall–Kier alpha value is -1.10. The quantitative estimate of drug-likeness (QED) is 0.907. The number of fused-ring (bicyclic) bond motifs is 1. The van der Waals surface area contributed by atoms with E-state index in [0.29, 0.717) is 0 Å². The minimum absolute atomic E-state index is 0.0174. The van der Waals surface area contributed by atoms with Gasteiger partial charge >= 0.3 is 0 Å². The van der Waals surface area contributed by atoms with Crippen LogP contribution in [-0.4, -0.2) is 56.4 Å². The number of likely N-dealkylation sites (N-methyl/N-ethyl adjacent to an activating group) is 1. The van der Waals surface area contributed by atoms with E-state index in [9.17, 15) is 0 Å². The van der Waals surface area contributed by atoms with E-state index in [1.807, 2.05) is 0 Å². The summed E-state index contributed by atoms with van der Waals surface area (Å²) in [4.78, 5) is 4.89. The molecule has 2 heterocycles. The van der Waals surface area contributed by atoms with Gasteiger partial charge in [-0.1, -0.05) is 19.1 Å². The fourth-order valence-electron chi connectivity index (χ4n) is 4.27. The van der Waals surface area contributed by atoms with Gasteiger partial charge in [0.15, 0.2) is 0 Å². The number of nitrogens with zero attached hydrogens (tertiary/aromatic N) is 2. The van der Waals surface area contributed by atoms with Gasteiger partial charge in [0.05, 0.1) is 13.2 Å². The molecule has 2 N–H and O–H groups in total. The van der Waals surface area contributed by atoms with Crippen molar-refractivity contribution in [2.24, 2.45) is 5.73 Å². The van der Waals surface area contributed by atoms with E-state index in [1.54, 1.807) is 0 Å². The summed E-state index contributed by atoms with van der Waals surface area (Å²) in [6.07, 6.45) is 1.15. The van der Waals surface area contributed by atoms with Crippen LogP contribution in [0, 0.1) is 0 Å². The Morgan fingerprint density at radius 2 is 1.86 bits per heavy atom. The average molecular weight is 287 g/mol. The highest BCUT2D eigenvalue weighted by Gasteiger charge is 2.70. The summed E-state index contributed by atoms with van der Waals surface area (Å²) >= 11 is 0. The third kappa shape index (κ3) is 2.00. The fraction of sp³-hybridized carbons (Fsp3) is 0.647. The molecule has 2 aliphatic heterocycles. The van der Waals surface area contributed by atoms with Gasteiger partial charge < -0.3 is 20.3 Å². The van der Waals surface area contributed by atoms with Gasteiger partial charge in [-0.2, -0.15) is 0 Å². The lowest BCUT2D eigenvalue weighted by atomic mass is 9.93. The molecule has 4 heteroatoms. The summed E-state index contributed by atoms with van der Waals surface area (Å²) in [5, 5.41) is 0. The van der Waals surface area contributed by atoms with Crippen molar-refractivity contribution in [3.05, 3.63) is 29.8 Å². The van der Waals surface area contributed by atoms with E-state index in [-0.39, 0.29) is 11.0 Å². The van der Waals surface area contributed by atoms with Gasteiger partial charge in [-0.3, -0.25) is 0 Å². The second-order valence-corrected chi connectivity index (χ2v) is 6.86. The maximum atomic E-state index is 6.60. The van der Waals surface area contributed by atoms with Crippen molar-refractivity contribution in [1.29, 1.82) is 0 Å². The Balaban J connectivity index is 1.55. The van der Waals surface area contributed by atoms with E-state index in [1.165, 1.54) is 11.3 Å². The van der Waals surface area contributed by atoms with Crippen LogP contribution in [0.4, 0.5) is 5.69 Å². The van der Waals surface area contributed by atoms with Gasteiger partial charge in [0, 0.05) is 42.8 Å². The first kappa shape index (κ1) is 13.6. The number of likely N-dealkylation sites (tertiary alicyclic amines) is 1. The zero-order valence-corrected chi connectivity index (χ0v) is 12.8. The highest BCUT2D eigenvalue weighted by Crippen LogP contribution is 2.60. The molecule has 0 unspecified atom stereocenters. The van der Waals surface area contributed by atoms with E-state index < -0.39 is 0 Å². The summed E-state index contributed by atoms with van der Waals surface area (Å²) in [6.45, 7) is 9.16. The number of rotatable bonds is 3.